The number of carbonyl (C=O) groups is 1. The van der Waals surface area contributed by atoms with Crippen molar-refractivity contribution in [2.45, 2.75) is 39.8 Å². The summed E-state index contributed by atoms with van der Waals surface area (Å²) in [5, 5.41) is 7.25. The molecular weight excluding hydrogens is 362 g/mol. The van der Waals surface area contributed by atoms with E-state index in [9.17, 15) is 4.79 Å². The topological polar surface area (TPSA) is 63.1 Å². The van der Waals surface area contributed by atoms with Crippen LogP contribution in [0.15, 0.2) is 55.1 Å². The van der Waals surface area contributed by atoms with E-state index < -0.39 is 0 Å². The zero-order chi connectivity index (χ0) is 21.0. The maximum Gasteiger partial charge on any atom is 0.234 e. The molecule has 152 valence electrons. The molecule has 2 aromatic carbocycles. The Labute approximate surface area is 172 Å². The number of aryl methyl sites for hydroxylation is 2. The van der Waals surface area contributed by atoms with Crippen LogP contribution in [0, 0.1) is 13.8 Å². The van der Waals surface area contributed by atoms with Gasteiger partial charge in [0.25, 0.3) is 0 Å². The summed E-state index contributed by atoms with van der Waals surface area (Å²) in [6, 6.07) is 14.6. The van der Waals surface area contributed by atoms with Gasteiger partial charge >= 0.3 is 0 Å². The summed E-state index contributed by atoms with van der Waals surface area (Å²) >= 11 is 0. The van der Waals surface area contributed by atoms with Crippen LogP contribution in [-0.4, -0.2) is 39.2 Å². The van der Waals surface area contributed by atoms with E-state index >= 15 is 0 Å². The Hall–Kier alpha value is -2.99. The van der Waals surface area contributed by atoms with Crippen LogP contribution in [0.25, 0.3) is 5.69 Å². The summed E-state index contributed by atoms with van der Waals surface area (Å²) in [6.07, 6.45) is 3.19. The van der Waals surface area contributed by atoms with E-state index in [2.05, 4.69) is 66.5 Å². The molecule has 0 aliphatic rings. The molecule has 1 amide bonds. The van der Waals surface area contributed by atoms with Crippen molar-refractivity contribution < 1.29 is 4.79 Å². The fourth-order valence-corrected chi connectivity index (χ4v) is 3.27. The highest BCUT2D eigenvalue weighted by molar-refractivity contribution is 5.78. The second-order valence-corrected chi connectivity index (χ2v) is 7.66. The van der Waals surface area contributed by atoms with Crippen LogP contribution in [0.2, 0.25) is 0 Å². The van der Waals surface area contributed by atoms with Crippen molar-refractivity contribution in [2.24, 2.45) is 0 Å². The van der Waals surface area contributed by atoms with Crippen LogP contribution in [0.1, 0.15) is 48.2 Å². The predicted octanol–water partition coefficient (Wildman–Crippen LogP) is 3.75. The summed E-state index contributed by atoms with van der Waals surface area (Å²) in [5.74, 6) is 0.0179. The largest absolute Gasteiger partial charge is 0.348 e. The molecule has 0 fully saturated rings. The molecule has 2 atom stereocenters. The lowest BCUT2D eigenvalue weighted by Gasteiger charge is -2.25. The Morgan fingerprint density at radius 1 is 1.07 bits per heavy atom. The highest BCUT2D eigenvalue weighted by Crippen LogP contribution is 2.21. The zero-order valence-corrected chi connectivity index (χ0v) is 17.8. The third kappa shape index (κ3) is 5.09. The van der Waals surface area contributed by atoms with Crippen molar-refractivity contribution >= 4 is 5.91 Å². The number of rotatable bonds is 7. The van der Waals surface area contributed by atoms with E-state index in [-0.39, 0.29) is 18.0 Å². The number of carbonyl (C=O) groups excluding carboxylic acids is 1. The van der Waals surface area contributed by atoms with Gasteiger partial charge in [0.2, 0.25) is 5.91 Å². The summed E-state index contributed by atoms with van der Waals surface area (Å²) < 4.78 is 1.72. The number of aromatic nitrogens is 3. The molecule has 0 bridgehead atoms. The molecule has 1 aromatic heterocycles. The van der Waals surface area contributed by atoms with Crippen molar-refractivity contribution in [3.05, 3.63) is 77.4 Å². The molecule has 0 aliphatic heterocycles. The van der Waals surface area contributed by atoms with E-state index in [1.165, 1.54) is 17.5 Å². The SMILES string of the molecule is Cc1ccc(C(C)NC(=O)CN(C)C(C)c2ccc(-n3cncn3)cc2)cc1C. The van der Waals surface area contributed by atoms with Gasteiger partial charge in [0, 0.05) is 6.04 Å². The monoisotopic (exact) mass is 391 g/mol. The Morgan fingerprint density at radius 2 is 1.76 bits per heavy atom. The molecule has 29 heavy (non-hydrogen) atoms. The smallest absolute Gasteiger partial charge is 0.234 e. The third-order valence-corrected chi connectivity index (χ3v) is 5.52. The highest BCUT2D eigenvalue weighted by atomic mass is 16.2. The molecule has 3 rings (SSSR count). The molecule has 6 nitrogen and oxygen atoms in total. The third-order valence-electron chi connectivity index (χ3n) is 5.52. The standard InChI is InChI=1S/C23H29N5O/c1-16-6-7-21(12-17(16)2)18(3)26-23(29)13-27(5)19(4)20-8-10-22(11-9-20)28-15-24-14-25-28/h6-12,14-15,18-19H,13H2,1-5H3,(H,26,29). The van der Waals surface area contributed by atoms with Gasteiger partial charge in [-0.05, 0) is 69.1 Å². The molecule has 0 spiro atoms. The molecule has 0 aliphatic carbocycles. The van der Waals surface area contributed by atoms with E-state index in [1.54, 1.807) is 11.0 Å². The van der Waals surface area contributed by atoms with Crippen molar-refractivity contribution in [1.29, 1.82) is 0 Å². The van der Waals surface area contributed by atoms with Crippen molar-refractivity contribution in [1.82, 2.24) is 25.0 Å². The maximum absolute atomic E-state index is 12.6. The second-order valence-electron chi connectivity index (χ2n) is 7.66. The summed E-state index contributed by atoms with van der Waals surface area (Å²) in [6.45, 7) is 8.65. The minimum Gasteiger partial charge on any atom is -0.348 e. The van der Waals surface area contributed by atoms with Gasteiger partial charge in [0.1, 0.15) is 12.7 Å². The number of hydrogen-bond donors (Lipinski definition) is 1. The van der Waals surface area contributed by atoms with Gasteiger partial charge in [-0.15, -0.1) is 0 Å². The number of nitrogens with zero attached hydrogens (tertiary/aromatic N) is 4. The number of nitrogens with one attached hydrogen (secondary N) is 1. The van der Waals surface area contributed by atoms with Gasteiger partial charge in [-0.1, -0.05) is 30.3 Å². The first-order valence-corrected chi connectivity index (χ1v) is 9.87. The zero-order valence-electron chi connectivity index (χ0n) is 17.8. The molecule has 1 heterocycles. The second kappa shape index (κ2) is 9.01. The molecular formula is C23H29N5O. The number of hydrogen-bond acceptors (Lipinski definition) is 4. The van der Waals surface area contributed by atoms with Gasteiger partial charge in [-0.25, -0.2) is 9.67 Å². The van der Waals surface area contributed by atoms with Gasteiger partial charge in [-0.2, -0.15) is 5.10 Å². The van der Waals surface area contributed by atoms with Gasteiger partial charge in [-0.3, -0.25) is 9.69 Å². The quantitative estimate of drug-likeness (QED) is 0.666. The Bertz CT molecular complexity index is 950. The molecule has 0 saturated carbocycles. The minimum atomic E-state index is -0.0209. The summed E-state index contributed by atoms with van der Waals surface area (Å²) in [4.78, 5) is 18.6. The fraction of sp³-hybridized carbons (Fsp3) is 0.348. The lowest BCUT2D eigenvalue weighted by atomic mass is 10.0. The van der Waals surface area contributed by atoms with Crippen LogP contribution >= 0.6 is 0 Å². The minimum absolute atomic E-state index is 0.0179. The predicted molar refractivity (Wildman–Crippen MR) is 115 cm³/mol. The lowest BCUT2D eigenvalue weighted by Crippen LogP contribution is -2.37. The normalized spacial score (nSPS) is 13.3. The Morgan fingerprint density at radius 3 is 2.38 bits per heavy atom. The molecule has 0 radical (unpaired) electrons. The lowest BCUT2D eigenvalue weighted by molar-refractivity contribution is -0.123. The molecule has 6 heteroatoms. The molecule has 3 aromatic rings. The average Bonchev–Trinajstić information content (AvgIpc) is 3.24. The van der Waals surface area contributed by atoms with Crippen molar-refractivity contribution in [3.8, 4) is 5.69 Å². The van der Waals surface area contributed by atoms with E-state index in [4.69, 9.17) is 0 Å². The van der Waals surface area contributed by atoms with Gasteiger partial charge < -0.3 is 5.32 Å². The molecule has 1 N–H and O–H groups in total. The van der Waals surface area contributed by atoms with Crippen molar-refractivity contribution in [2.75, 3.05) is 13.6 Å². The number of benzene rings is 2. The van der Waals surface area contributed by atoms with Gasteiger partial charge in [0.15, 0.2) is 0 Å². The fourth-order valence-electron chi connectivity index (χ4n) is 3.27. The van der Waals surface area contributed by atoms with E-state index in [0.717, 1.165) is 16.8 Å². The molecule has 2 unspecified atom stereocenters. The van der Waals surface area contributed by atoms with E-state index in [1.807, 2.05) is 31.0 Å². The Balaban J connectivity index is 1.57. The molecule has 0 saturated heterocycles. The van der Waals surface area contributed by atoms with E-state index in [0.29, 0.717) is 6.54 Å². The first-order valence-electron chi connectivity index (χ1n) is 9.87. The van der Waals surface area contributed by atoms with Crippen LogP contribution in [0.5, 0.6) is 0 Å². The maximum atomic E-state index is 12.6. The Kier molecular flexibility index (Phi) is 6.44. The number of amides is 1. The first kappa shape index (κ1) is 20.7. The first-order chi connectivity index (χ1) is 13.8. The average molecular weight is 392 g/mol. The summed E-state index contributed by atoms with van der Waals surface area (Å²) in [7, 11) is 1.97. The number of likely N-dealkylation sites (N-methyl/N-ethyl adjacent to an activating group) is 1. The van der Waals surface area contributed by atoms with Crippen LogP contribution < -0.4 is 5.32 Å². The van der Waals surface area contributed by atoms with Crippen molar-refractivity contribution in [3.63, 3.8) is 0 Å². The highest BCUT2D eigenvalue weighted by Gasteiger charge is 2.17. The summed E-state index contributed by atoms with van der Waals surface area (Å²) in [5.41, 5.74) is 5.73. The van der Waals surface area contributed by atoms with Crippen LogP contribution in [-0.2, 0) is 4.79 Å². The van der Waals surface area contributed by atoms with Crippen LogP contribution in [0.3, 0.4) is 0 Å². The van der Waals surface area contributed by atoms with Crippen LogP contribution in [0.4, 0.5) is 0 Å². The van der Waals surface area contributed by atoms with Gasteiger partial charge in [0.05, 0.1) is 18.3 Å².